The van der Waals surface area contributed by atoms with E-state index < -0.39 is 0 Å². The van der Waals surface area contributed by atoms with Gasteiger partial charge in [0, 0.05) is 13.2 Å². The molecule has 0 fully saturated rings. The average Bonchev–Trinajstić information content (AvgIpc) is 2.24. The number of para-hydroxylation sites is 1. The van der Waals surface area contributed by atoms with E-state index in [0.717, 1.165) is 5.69 Å². The van der Waals surface area contributed by atoms with Crippen LogP contribution in [0.2, 0.25) is 0 Å². The molecule has 0 spiro atoms. The molecule has 0 unspecified atom stereocenters. The SMILES string of the molecule is CCOc1cccc(NCCCO)c1N. The van der Waals surface area contributed by atoms with Gasteiger partial charge in [-0.25, -0.2) is 0 Å². The number of aliphatic hydroxyl groups excluding tert-OH is 1. The van der Waals surface area contributed by atoms with Crippen LogP contribution < -0.4 is 15.8 Å². The highest BCUT2D eigenvalue weighted by atomic mass is 16.5. The molecule has 0 aromatic heterocycles. The van der Waals surface area contributed by atoms with Gasteiger partial charge in [0.2, 0.25) is 0 Å². The van der Waals surface area contributed by atoms with Crippen molar-refractivity contribution in [2.45, 2.75) is 13.3 Å². The zero-order valence-corrected chi connectivity index (χ0v) is 8.99. The molecule has 0 atom stereocenters. The first-order chi connectivity index (χ1) is 7.29. The lowest BCUT2D eigenvalue weighted by Crippen LogP contribution is -2.07. The Balaban J connectivity index is 2.66. The summed E-state index contributed by atoms with van der Waals surface area (Å²) in [6, 6.07) is 5.63. The summed E-state index contributed by atoms with van der Waals surface area (Å²) in [5.41, 5.74) is 7.38. The zero-order chi connectivity index (χ0) is 11.1. The molecule has 0 aliphatic rings. The van der Waals surface area contributed by atoms with Crippen molar-refractivity contribution in [3.63, 3.8) is 0 Å². The van der Waals surface area contributed by atoms with Crippen molar-refractivity contribution in [1.29, 1.82) is 0 Å². The van der Waals surface area contributed by atoms with Gasteiger partial charge in [-0.3, -0.25) is 0 Å². The Hall–Kier alpha value is -1.42. The fourth-order valence-corrected chi connectivity index (χ4v) is 1.28. The van der Waals surface area contributed by atoms with Gasteiger partial charge < -0.3 is 20.9 Å². The highest BCUT2D eigenvalue weighted by Gasteiger charge is 2.04. The molecule has 0 aliphatic heterocycles. The molecular weight excluding hydrogens is 192 g/mol. The fourth-order valence-electron chi connectivity index (χ4n) is 1.28. The quantitative estimate of drug-likeness (QED) is 0.491. The molecule has 0 saturated heterocycles. The van der Waals surface area contributed by atoms with Gasteiger partial charge in [-0.1, -0.05) is 6.07 Å². The summed E-state index contributed by atoms with van der Waals surface area (Å²) in [7, 11) is 0. The van der Waals surface area contributed by atoms with Crippen LogP contribution >= 0.6 is 0 Å². The van der Waals surface area contributed by atoms with Crippen LogP contribution in [0.5, 0.6) is 5.75 Å². The van der Waals surface area contributed by atoms with Crippen molar-refractivity contribution in [2.75, 3.05) is 30.8 Å². The van der Waals surface area contributed by atoms with Gasteiger partial charge in [-0.2, -0.15) is 0 Å². The molecule has 1 aromatic carbocycles. The Morgan fingerprint density at radius 1 is 1.47 bits per heavy atom. The molecule has 0 saturated carbocycles. The van der Waals surface area contributed by atoms with Gasteiger partial charge in [0.05, 0.1) is 18.0 Å². The van der Waals surface area contributed by atoms with E-state index in [2.05, 4.69) is 5.32 Å². The Bertz CT molecular complexity index is 303. The first-order valence-corrected chi connectivity index (χ1v) is 5.15. The second-order valence-electron chi connectivity index (χ2n) is 3.15. The van der Waals surface area contributed by atoms with Gasteiger partial charge in [-0.15, -0.1) is 0 Å². The van der Waals surface area contributed by atoms with E-state index >= 15 is 0 Å². The fraction of sp³-hybridized carbons (Fsp3) is 0.455. The maximum absolute atomic E-state index is 8.66. The monoisotopic (exact) mass is 210 g/mol. The Morgan fingerprint density at radius 3 is 2.93 bits per heavy atom. The lowest BCUT2D eigenvalue weighted by atomic mass is 10.2. The number of nitrogen functional groups attached to an aromatic ring is 1. The number of rotatable bonds is 6. The highest BCUT2D eigenvalue weighted by Crippen LogP contribution is 2.29. The van der Waals surface area contributed by atoms with Crippen LogP contribution in [0.4, 0.5) is 11.4 Å². The van der Waals surface area contributed by atoms with E-state index in [4.69, 9.17) is 15.6 Å². The van der Waals surface area contributed by atoms with Gasteiger partial charge in [0.15, 0.2) is 0 Å². The number of nitrogens with two attached hydrogens (primary N) is 1. The molecule has 84 valence electrons. The Kier molecular flexibility index (Phi) is 4.77. The number of benzene rings is 1. The predicted octanol–water partition coefficient (Wildman–Crippen LogP) is 1.46. The topological polar surface area (TPSA) is 67.5 Å². The average molecular weight is 210 g/mol. The number of nitrogens with one attached hydrogen (secondary N) is 1. The summed E-state index contributed by atoms with van der Waals surface area (Å²) >= 11 is 0. The minimum atomic E-state index is 0.179. The molecule has 4 N–H and O–H groups in total. The van der Waals surface area contributed by atoms with Crippen LogP contribution in [0.1, 0.15) is 13.3 Å². The summed E-state index contributed by atoms with van der Waals surface area (Å²) < 4.78 is 5.37. The van der Waals surface area contributed by atoms with E-state index in [0.29, 0.717) is 31.0 Å². The zero-order valence-electron chi connectivity index (χ0n) is 8.99. The number of hydrogen-bond donors (Lipinski definition) is 3. The lowest BCUT2D eigenvalue weighted by Gasteiger charge is -2.12. The molecule has 4 heteroatoms. The molecule has 0 radical (unpaired) electrons. The van der Waals surface area contributed by atoms with Crippen LogP contribution in [0.3, 0.4) is 0 Å². The van der Waals surface area contributed by atoms with Gasteiger partial charge in [0.25, 0.3) is 0 Å². The molecule has 0 heterocycles. The maximum atomic E-state index is 8.66. The standard InChI is InChI=1S/C11H18N2O2/c1-2-15-10-6-3-5-9(11(10)12)13-7-4-8-14/h3,5-6,13-14H,2,4,7-8,12H2,1H3. The molecule has 0 amide bonds. The van der Waals surface area contributed by atoms with Crippen molar-refractivity contribution in [2.24, 2.45) is 0 Å². The van der Waals surface area contributed by atoms with Crippen LogP contribution in [0, 0.1) is 0 Å². The lowest BCUT2D eigenvalue weighted by molar-refractivity contribution is 0.292. The van der Waals surface area contributed by atoms with E-state index in [-0.39, 0.29) is 6.61 Å². The molecule has 0 aliphatic carbocycles. The minimum Gasteiger partial charge on any atom is -0.492 e. The first-order valence-electron chi connectivity index (χ1n) is 5.15. The van der Waals surface area contributed by atoms with Crippen molar-refractivity contribution in [1.82, 2.24) is 0 Å². The van der Waals surface area contributed by atoms with Gasteiger partial charge >= 0.3 is 0 Å². The first kappa shape index (κ1) is 11.7. The summed E-state index contributed by atoms with van der Waals surface area (Å²) in [6.07, 6.45) is 0.707. The molecule has 1 aromatic rings. The van der Waals surface area contributed by atoms with Crippen molar-refractivity contribution < 1.29 is 9.84 Å². The molecule has 0 bridgehead atoms. The number of hydrogen-bond acceptors (Lipinski definition) is 4. The maximum Gasteiger partial charge on any atom is 0.144 e. The van der Waals surface area contributed by atoms with E-state index in [1.165, 1.54) is 0 Å². The van der Waals surface area contributed by atoms with Gasteiger partial charge in [0.1, 0.15) is 5.75 Å². The predicted molar refractivity (Wildman–Crippen MR) is 62.2 cm³/mol. The number of aliphatic hydroxyl groups is 1. The van der Waals surface area contributed by atoms with Gasteiger partial charge in [-0.05, 0) is 25.5 Å². The van der Waals surface area contributed by atoms with Crippen molar-refractivity contribution in [3.8, 4) is 5.75 Å². The normalized spacial score (nSPS) is 10.0. The minimum absolute atomic E-state index is 0.179. The Morgan fingerprint density at radius 2 is 2.27 bits per heavy atom. The Labute approximate surface area is 90.1 Å². The smallest absolute Gasteiger partial charge is 0.144 e. The third-order valence-electron chi connectivity index (χ3n) is 2.02. The summed E-state index contributed by atoms with van der Waals surface area (Å²) in [5.74, 6) is 0.700. The third kappa shape index (κ3) is 3.32. The second-order valence-corrected chi connectivity index (χ2v) is 3.15. The van der Waals surface area contributed by atoms with Crippen LogP contribution in [0.25, 0.3) is 0 Å². The molecule has 1 rings (SSSR count). The number of anilines is 2. The van der Waals surface area contributed by atoms with E-state index in [1.807, 2.05) is 25.1 Å². The second kappa shape index (κ2) is 6.14. The highest BCUT2D eigenvalue weighted by molar-refractivity contribution is 5.72. The van der Waals surface area contributed by atoms with Crippen LogP contribution in [-0.2, 0) is 0 Å². The largest absolute Gasteiger partial charge is 0.492 e. The third-order valence-corrected chi connectivity index (χ3v) is 2.02. The van der Waals surface area contributed by atoms with Crippen molar-refractivity contribution in [3.05, 3.63) is 18.2 Å². The molecular formula is C11H18N2O2. The van der Waals surface area contributed by atoms with Crippen LogP contribution in [0.15, 0.2) is 18.2 Å². The van der Waals surface area contributed by atoms with Crippen LogP contribution in [-0.4, -0.2) is 24.9 Å². The summed E-state index contributed by atoms with van der Waals surface area (Å²) in [5, 5.41) is 11.8. The van der Waals surface area contributed by atoms with Crippen molar-refractivity contribution >= 4 is 11.4 Å². The summed E-state index contributed by atoms with van der Waals surface area (Å²) in [6.45, 7) is 3.41. The summed E-state index contributed by atoms with van der Waals surface area (Å²) in [4.78, 5) is 0. The van der Waals surface area contributed by atoms with E-state index in [1.54, 1.807) is 0 Å². The number of ether oxygens (including phenoxy) is 1. The van der Waals surface area contributed by atoms with E-state index in [9.17, 15) is 0 Å². The molecule has 15 heavy (non-hydrogen) atoms. The molecule has 4 nitrogen and oxygen atoms in total.